The lowest BCUT2D eigenvalue weighted by Crippen LogP contribution is -2.60. The van der Waals surface area contributed by atoms with Crippen LogP contribution < -0.4 is 0 Å². The van der Waals surface area contributed by atoms with Gasteiger partial charge in [0.15, 0.2) is 0 Å². The molecule has 4 heteroatoms. The van der Waals surface area contributed by atoms with Crippen molar-refractivity contribution in [3.63, 3.8) is 0 Å². The molecule has 0 bridgehead atoms. The smallest absolute Gasteiger partial charge is 0.256 e. The van der Waals surface area contributed by atoms with E-state index in [1.165, 1.54) is 0 Å². The number of carbonyl (C=O) groups is 1. The van der Waals surface area contributed by atoms with Gasteiger partial charge in [-0.1, -0.05) is 18.2 Å². The van der Waals surface area contributed by atoms with Crippen LogP contribution in [0.3, 0.4) is 0 Å². The second-order valence-corrected chi connectivity index (χ2v) is 6.44. The van der Waals surface area contributed by atoms with Gasteiger partial charge in [-0.2, -0.15) is 0 Å². The average Bonchev–Trinajstić information content (AvgIpc) is 2.83. The molecule has 110 valence electrons. The summed E-state index contributed by atoms with van der Waals surface area (Å²) in [5.74, 6) is 0.170. The predicted molar refractivity (Wildman–Crippen MR) is 81.3 cm³/mol. The lowest BCUT2D eigenvalue weighted by molar-refractivity contribution is -0.0665. The van der Waals surface area contributed by atoms with Crippen LogP contribution in [0.4, 0.5) is 0 Å². The van der Waals surface area contributed by atoms with E-state index in [1.54, 1.807) is 0 Å². The number of likely N-dealkylation sites (tertiary alicyclic amines) is 1. The van der Waals surface area contributed by atoms with E-state index in [-0.39, 0.29) is 5.91 Å². The Kier molecular flexibility index (Phi) is 2.82. The molecule has 1 amide bonds. The van der Waals surface area contributed by atoms with Gasteiger partial charge in [0, 0.05) is 55.9 Å². The van der Waals surface area contributed by atoms with Crippen LogP contribution >= 0.6 is 0 Å². The molecule has 2 aliphatic heterocycles. The van der Waals surface area contributed by atoms with E-state index in [4.69, 9.17) is 4.74 Å². The quantitative estimate of drug-likeness (QED) is 0.806. The van der Waals surface area contributed by atoms with Crippen molar-refractivity contribution in [2.45, 2.75) is 12.8 Å². The zero-order valence-corrected chi connectivity index (χ0v) is 12.3. The summed E-state index contributed by atoms with van der Waals surface area (Å²) in [6.45, 7) is 3.46. The minimum Gasteiger partial charge on any atom is -0.381 e. The third-order valence-electron chi connectivity index (χ3n) is 5.02. The van der Waals surface area contributed by atoms with Crippen LogP contribution in [-0.4, -0.2) is 41.7 Å². The van der Waals surface area contributed by atoms with Gasteiger partial charge in [-0.25, -0.2) is 0 Å². The molecule has 0 atom stereocenters. The molecular weight excluding hydrogens is 264 g/mol. The maximum absolute atomic E-state index is 12.8. The number of ether oxygens (including phenoxy) is 1. The third-order valence-corrected chi connectivity index (χ3v) is 5.02. The SMILES string of the molecule is Cn1cc(C(=O)N2CC3(CCOCC3)C2)c2ccccc21. The number of hydrogen-bond acceptors (Lipinski definition) is 2. The Morgan fingerprint density at radius 3 is 2.67 bits per heavy atom. The summed E-state index contributed by atoms with van der Waals surface area (Å²) >= 11 is 0. The Hall–Kier alpha value is -1.81. The van der Waals surface area contributed by atoms with Crippen LogP contribution in [0.1, 0.15) is 23.2 Å². The summed E-state index contributed by atoms with van der Waals surface area (Å²) in [6.07, 6.45) is 4.14. The molecule has 4 nitrogen and oxygen atoms in total. The molecular formula is C17H20N2O2. The molecule has 0 saturated carbocycles. The summed E-state index contributed by atoms with van der Waals surface area (Å²) in [7, 11) is 2.00. The van der Waals surface area contributed by atoms with E-state index in [9.17, 15) is 4.79 Å². The predicted octanol–water partition coefficient (Wildman–Crippen LogP) is 2.43. The standard InChI is InChI=1S/C17H20N2O2/c1-18-10-14(13-4-2-3-5-15(13)18)16(20)19-11-17(12-19)6-8-21-9-7-17/h2-5,10H,6-9,11-12H2,1H3. The van der Waals surface area contributed by atoms with Crippen molar-refractivity contribution in [2.75, 3.05) is 26.3 Å². The van der Waals surface area contributed by atoms with Crippen LogP contribution in [0.5, 0.6) is 0 Å². The molecule has 0 N–H and O–H groups in total. The van der Waals surface area contributed by atoms with Crippen molar-refractivity contribution in [2.24, 2.45) is 12.5 Å². The van der Waals surface area contributed by atoms with Gasteiger partial charge in [0.1, 0.15) is 0 Å². The van der Waals surface area contributed by atoms with Crippen LogP contribution in [0.15, 0.2) is 30.5 Å². The Morgan fingerprint density at radius 2 is 1.90 bits per heavy atom. The number of fused-ring (bicyclic) bond motifs is 1. The third kappa shape index (κ3) is 1.97. The molecule has 1 spiro atoms. The lowest BCUT2D eigenvalue weighted by atomic mass is 9.73. The molecule has 4 rings (SSSR count). The van der Waals surface area contributed by atoms with Crippen molar-refractivity contribution in [1.82, 2.24) is 9.47 Å². The molecule has 3 heterocycles. The van der Waals surface area contributed by atoms with E-state index >= 15 is 0 Å². The van der Waals surface area contributed by atoms with Crippen LogP contribution in [0.2, 0.25) is 0 Å². The number of benzene rings is 1. The lowest BCUT2D eigenvalue weighted by Gasteiger charge is -2.52. The molecule has 2 aliphatic rings. The van der Waals surface area contributed by atoms with E-state index in [1.807, 2.05) is 40.9 Å². The zero-order valence-electron chi connectivity index (χ0n) is 12.3. The van der Waals surface area contributed by atoms with E-state index in [2.05, 4.69) is 6.07 Å². The fourth-order valence-electron chi connectivity index (χ4n) is 3.71. The molecule has 0 aliphatic carbocycles. The van der Waals surface area contributed by atoms with Gasteiger partial charge in [0.05, 0.1) is 5.56 Å². The Bertz CT molecular complexity index is 690. The van der Waals surface area contributed by atoms with Crippen molar-refractivity contribution >= 4 is 16.8 Å². The van der Waals surface area contributed by atoms with Gasteiger partial charge in [-0.3, -0.25) is 4.79 Å². The molecule has 0 unspecified atom stereocenters. The first-order valence-corrected chi connectivity index (χ1v) is 7.60. The van der Waals surface area contributed by atoms with Crippen molar-refractivity contribution in [3.8, 4) is 0 Å². The summed E-state index contributed by atoms with van der Waals surface area (Å²) in [4.78, 5) is 14.8. The highest BCUT2D eigenvalue weighted by Crippen LogP contribution is 2.40. The van der Waals surface area contributed by atoms with E-state index in [0.717, 1.165) is 55.6 Å². The minimum absolute atomic E-state index is 0.170. The van der Waals surface area contributed by atoms with Gasteiger partial charge < -0.3 is 14.2 Å². The monoisotopic (exact) mass is 284 g/mol. The normalized spacial score (nSPS) is 20.7. The number of amides is 1. The highest BCUT2D eigenvalue weighted by atomic mass is 16.5. The summed E-state index contributed by atoms with van der Waals surface area (Å²) in [5, 5.41) is 1.05. The van der Waals surface area contributed by atoms with Gasteiger partial charge in [0.2, 0.25) is 0 Å². The van der Waals surface area contributed by atoms with Crippen molar-refractivity contribution in [3.05, 3.63) is 36.0 Å². The number of hydrogen-bond donors (Lipinski definition) is 0. The number of carbonyl (C=O) groups excluding carboxylic acids is 1. The van der Waals surface area contributed by atoms with E-state index in [0.29, 0.717) is 5.41 Å². The van der Waals surface area contributed by atoms with Crippen LogP contribution in [-0.2, 0) is 11.8 Å². The molecule has 1 aromatic heterocycles. The summed E-state index contributed by atoms with van der Waals surface area (Å²) in [5.41, 5.74) is 2.27. The molecule has 2 aromatic rings. The van der Waals surface area contributed by atoms with E-state index < -0.39 is 0 Å². The average molecular weight is 284 g/mol. The number of aromatic nitrogens is 1. The summed E-state index contributed by atoms with van der Waals surface area (Å²) < 4.78 is 7.47. The van der Waals surface area contributed by atoms with Gasteiger partial charge in [-0.05, 0) is 18.9 Å². The second-order valence-electron chi connectivity index (χ2n) is 6.44. The molecule has 21 heavy (non-hydrogen) atoms. The highest BCUT2D eigenvalue weighted by molar-refractivity contribution is 6.07. The van der Waals surface area contributed by atoms with Crippen LogP contribution in [0.25, 0.3) is 10.9 Å². The Balaban J connectivity index is 1.58. The minimum atomic E-state index is 0.170. The Morgan fingerprint density at radius 1 is 1.19 bits per heavy atom. The number of aryl methyl sites for hydroxylation is 1. The fourth-order valence-corrected chi connectivity index (χ4v) is 3.71. The highest BCUT2D eigenvalue weighted by Gasteiger charge is 2.46. The van der Waals surface area contributed by atoms with Crippen LogP contribution in [0, 0.1) is 5.41 Å². The number of para-hydroxylation sites is 1. The molecule has 2 saturated heterocycles. The number of rotatable bonds is 1. The first-order valence-electron chi connectivity index (χ1n) is 7.60. The first-order chi connectivity index (χ1) is 10.2. The van der Waals surface area contributed by atoms with Gasteiger partial charge in [-0.15, -0.1) is 0 Å². The largest absolute Gasteiger partial charge is 0.381 e. The maximum Gasteiger partial charge on any atom is 0.256 e. The molecule has 2 fully saturated rings. The summed E-state index contributed by atoms with van der Waals surface area (Å²) in [6, 6.07) is 8.10. The zero-order chi connectivity index (χ0) is 14.4. The Labute approximate surface area is 124 Å². The molecule has 1 aromatic carbocycles. The maximum atomic E-state index is 12.8. The fraction of sp³-hybridized carbons (Fsp3) is 0.471. The first kappa shape index (κ1) is 12.9. The second kappa shape index (κ2) is 4.60. The molecule has 0 radical (unpaired) electrons. The van der Waals surface area contributed by atoms with Crippen molar-refractivity contribution < 1.29 is 9.53 Å². The number of nitrogens with zero attached hydrogens (tertiary/aromatic N) is 2. The van der Waals surface area contributed by atoms with Crippen molar-refractivity contribution in [1.29, 1.82) is 0 Å². The van der Waals surface area contributed by atoms with Gasteiger partial charge in [0.25, 0.3) is 5.91 Å². The van der Waals surface area contributed by atoms with Gasteiger partial charge >= 0.3 is 0 Å². The topological polar surface area (TPSA) is 34.5 Å².